The molecular formula is C17H29FN2. The highest BCUT2D eigenvalue weighted by molar-refractivity contribution is 5.17. The zero-order valence-corrected chi connectivity index (χ0v) is 13.0. The van der Waals surface area contributed by atoms with E-state index in [1.807, 2.05) is 0 Å². The minimum Gasteiger partial charge on any atom is -0.310 e. The van der Waals surface area contributed by atoms with Crippen LogP contribution in [0.25, 0.3) is 0 Å². The lowest BCUT2D eigenvalue weighted by Gasteiger charge is -2.19. The van der Waals surface area contributed by atoms with Gasteiger partial charge in [0.05, 0.1) is 6.20 Å². The Morgan fingerprint density at radius 3 is 2.55 bits per heavy atom. The fraction of sp³-hybridized carbons (Fsp3) is 0.706. The Balaban J connectivity index is 2.42. The largest absolute Gasteiger partial charge is 0.310 e. The minimum absolute atomic E-state index is 0.129. The Labute approximate surface area is 123 Å². The third-order valence-corrected chi connectivity index (χ3v) is 3.67. The Morgan fingerprint density at radius 2 is 1.85 bits per heavy atom. The Morgan fingerprint density at radius 1 is 1.10 bits per heavy atom. The first kappa shape index (κ1) is 17.1. The van der Waals surface area contributed by atoms with Crippen molar-refractivity contribution in [3.8, 4) is 0 Å². The molecule has 0 aromatic carbocycles. The minimum atomic E-state index is -0.188. The van der Waals surface area contributed by atoms with Gasteiger partial charge in [-0.3, -0.25) is 4.98 Å². The zero-order valence-electron chi connectivity index (χ0n) is 13.0. The third kappa shape index (κ3) is 6.47. The SMILES string of the molecule is CCCCCCCCC(NCCC)c1ccncc1F. The van der Waals surface area contributed by atoms with Gasteiger partial charge >= 0.3 is 0 Å². The summed E-state index contributed by atoms with van der Waals surface area (Å²) in [6.07, 6.45) is 12.7. The topological polar surface area (TPSA) is 24.9 Å². The van der Waals surface area contributed by atoms with Crippen LogP contribution in [0.5, 0.6) is 0 Å². The first-order valence-corrected chi connectivity index (χ1v) is 8.12. The monoisotopic (exact) mass is 280 g/mol. The van der Waals surface area contributed by atoms with Crippen LogP contribution in [0, 0.1) is 5.82 Å². The van der Waals surface area contributed by atoms with Gasteiger partial charge in [-0.2, -0.15) is 0 Å². The first-order chi connectivity index (χ1) is 9.79. The summed E-state index contributed by atoms with van der Waals surface area (Å²) in [4.78, 5) is 3.84. The average Bonchev–Trinajstić information content (AvgIpc) is 2.47. The van der Waals surface area contributed by atoms with Crippen molar-refractivity contribution in [1.82, 2.24) is 10.3 Å². The van der Waals surface area contributed by atoms with E-state index in [0.29, 0.717) is 0 Å². The molecule has 0 radical (unpaired) electrons. The lowest BCUT2D eigenvalue weighted by molar-refractivity contribution is 0.447. The molecule has 1 unspecified atom stereocenters. The summed E-state index contributed by atoms with van der Waals surface area (Å²) < 4.78 is 13.8. The molecule has 0 spiro atoms. The van der Waals surface area contributed by atoms with Gasteiger partial charge in [0.2, 0.25) is 0 Å². The van der Waals surface area contributed by atoms with Crippen molar-refractivity contribution < 1.29 is 4.39 Å². The van der Waals surface area contributed by atoms with Crippen LogP contribution in [0.1, 0.15) is 76.8 Å². The van der Waals surface area contributed by atoms with E-state index in [2.05, 4.69) is 24.1 Å². The molecule has 3 heteroatoms. The van der Waals surface area contributed by atoms with Crippen LogP contribution in [0.3, 0.4) is 0 Å². The number of rotatable bonds is 11. The summed E-state index contributed by atoms with van der Waals surface area (Å²) in [5.41, 5.74) is 0.766. The smallest absolute Gasteiger partial charge is 0.146 e. The van der Waals surface area contributed by atoms with E-state index in [9.17, 15) is 4.39 Å². The molecule has 0 bridgehead atoms. The average molecular weight is 280 g/mol. The molecule has 1 N–H and O–H groups in total. The van der Waals surface area contributed by atoms with E-state index in [4.69, 9.17) is 0 Å². The van der Waals surface area contributed by atoms with Gasteiger partial charge in [-0.15, -0.1) is 0 Å². The molecule has 0 aliphatic rings. The van der Waals surface area contributed by atoms with Crippen LogP contribution in [-0.2, 0) is 0 Å². The summed E-state index contributed by atoms with van der Waals surface area (Å²) in [5, 5.41) is 3.46. The van der Waals surface area contributed by atoms with E-state index in [-0.39, 0.29) is 11.9 Å². The van der Waals surface area contributed by atoms with Crippen LogP contribution >= 0.6 is 0 Å². The van der Waals surface area contributed by atoms with Crippen molar-refractivity contribution in [2.45, 2.75) is 71.3 Å². The van der Waals surface area contributed by atoms with Gasteiger partial charge in [-0.25, -0.2) is 4.39 Å². The number of nitrogens with zero attached hydrogens (tertiary/aromatic N) is 1. The maximum atomic E-state index is 13.8. The molecule has 0 saturated heterocycles. The first-order valence-electron chi connectivity index (χ1n) is 8.12. The highest BCUT2D eigenvalue weighted by Gasteiger charge is 2.14. The van der Waals surface area contributed by atoms with E-state index < -0.39 is 0 Å². The number of nitrogens with one attached hydrogen (secondary N) is 1. The molecule has 1 atom stereocenters. The molecule has 0 fully saturated rings. The van der Waals surface area contributed by atoms with Gasteiger partial charge in [0.1, 0.15) is 5.82 Å². The molecule has 0 aliphatic heterocycles. The normalized spacial score (nSPS) is 12.6. The quantitative estimate of drug-likeness (QED) is 0.576. The zero-order chi connectivity index (χ0) is 14.6. The summed E-state index contributed by atoms with van der Waals surface area (Å²) in [6.45, 7) is 5.30. The molecule has 0 amide bonds. The number of hydrogen-bond acceptors (Lipinski definition) is 2. The van der Waals surface area contributed by atoms with Crippen molar-refractivity contribution in [2.75, 3.05) is 6.54 Å². The number of hydrogen-bond donors (Lipinski definition) is 1. The van der Waals surface area contributed by atoms with Crippen LogP contribution in [0.15, 0.2) is 18.5 Å². The van der Waals surface area contributed by atoms with E-state index in [1.165, 1.54) is 38.3 Å². The fourth-order valence-electron chi connectivity index (χ4n) is 2.48. The van der Waals surface area contributed by atoms with Crippen molar-refractivity contribution in [1.29, 1.82) is 0 Å². The molecule has 1 rings (SSSR count). The lowest BCUT2D eigenvalue weighted by Crippen LogP contribution is -2.23. The number of pyridine rings is 1. The molecule has 1 aromatic heterocycles. The number of halogens is 1. The fourth-order valence-corrected chi connectivity index (χ4v) is 2.48. The van der Waals surface area contributed by atoms with Gasteiger partial charge in [-0.1, -0.05) is 52.4 Å². The van der Waals surface area contributed by atoms with Crippen molar-refractivity contribution in [3.63, 3.8) is 0 Å². The van der Waals surface area contributed by atoms with Crippen LogP contribution in [0.4, 0.5) is 4.39 Å². The maximum Gasteiger partial charge on any atom is 0.146 e. The molecule has 114 valence electrons. The number of aromatic nitrogens is 1. The second-order valence-electron chi connectivity index (χ2n) is 5.46. The molecular weight excluding hydrogens is 251 g/mol. The molecule has 1 heterocycles. The Hall–Kier alpha value is -0.960. The molecule has 20 heavy (non-hydrogen) atoms. The van der Waals surface area contributed by atoms with Gasteiger partial charge in [0.25, 0.3) is 0 Å². The van der Waals surface area contributed by atoms with Gasteiger partial charge in [0, 0.05) is 17.8 Å². The van der Waals surface area contributed by atoms with Crippen LogP contribution in [0.2, 0.25) is 0 Å². The standard InChI is InChI=1S/C17H29FN2/c1-3-5-6-7-8-9-10-17(20-12-4-2)15-11-13-19-14-16(15)18/h11,13-14,17,20H,3-10,12H2,1-2H3. The molecule has 0 aliphatic carbocycles. The van der Waals surface area contributed by atoms with Gasteiger partial charge < -0.3 is 5.32 Å². The van der Waals surface area contributed by atoms with Crippen molar-refractivity contribution >= 4 is 0 Å². The molecule has 2 nitrogen and oxygen atoms in total. The predicted octanol–water partition coefficient (Wildman–Crippen LogP) is 5.01. The summed E-state index contributed by atoms with van der Waals surface area (Å²) in [6, 6.07) is 1.93. The second-order valence-corrected chi connectivity index (χ2v) is 5.46. The van der Waals surface area contributed by atoms with Crippen molar-refractivity contribution in [2.24, 2.45) is 0 Å². The molecule has 0 saturated carbocycles. The maximum absolute atomic E-state index is 13.8. The highest BCUT2D eigenvalue weighted by Crippen LogP contribution is 2.22. The van der Waals surface area contributed by atoms with Crippen LogP contribution < -0.4 is 5.32 Å². The summed E-state index contributed by atoms with van der Waals surface area (Å²) in [7, 11) is 0. The Bertz CT molecular complexity index is 355. The van der Waals surface area contributed by atoms with Gasteiger partial charge in [0.15, 0.2) is 0 Å². The van der Waals surface area contributed by atoms with Crippen molar-refractivity contribution in [3.05, 3.63) is 29.8 Å². The van der Waals surface area contributed by atoms with Gasteiger partial charge in [-0.05, 0) is 25.5 Å². The summed E-state index contributed by atoms with van der Waals surface area (Å²) in [5.74, 6) is -0.188. The van der Waals surface area contributed by atoms with Crippen LogP contribution in [-0.4, -0.2) is 11.5 Å². The summed E-state index contributed by atoms with van der Waals surface area (Å²) >= 11 is 0. The second kappa shape index (κ2) is 10.8. The van der Waals surface area contributed by atoms with E-state index in [1.54, 1.807) is 12.3 Å². The molecule has 1 aromatic rings. The van der Waals surface area contributed by atoms with E-state index in [0.717, 1.165) is 31.4 Å². The number of unbranched alkanes of at least 4 members (excludes halogenated alkanes) is 5. The Kier molecular flexibility index (Phi) is 9.22. The predicted molar refractivity (Wildman–Crippen MR) is 83.2 cm³/mol. The van der Waals surface area contributed by atoms with E-state index >= 15 is 0 Å². The highest BCUT2D eigenvalue weighted by atomic mass is 19.1. The lowest BCUT2D eigenvalue weighted by atomic mass is 10.00. The third-order valence-electron chi connectivity index (χ3n) is 3.67.